The molecule has 0 radical (unpaired) electrons. The number of nitrogens with zero attached hydrogens (tertiary/aromatic N) is 3. The number of guanidine groups is 1. The van der Waals surface area contributed by atoms with E-state index in [1.165, 1.54) is 5.56 Å². The van der Waals surface area contributed by atoms with Crippen molar-refractivity contribution in [1.82, 2.24) is 25.8 Å². The summed E-state index contributed by atoms with van der Waals surface area (Å²) in [5.74, 6) is 2.65. The molecule has 3 aromatic rings. The lowest BCUT2D eigenvalue weighted by molar-refractivity contribution is 0.577. The summed E-state index contributed by atoms with van der Waals surface area (Å²) in [6.07, 6.45) is 3.69. The number of aromatic amines is 1. The third kappa shape index (κ3) is 6.70. The Morgan fingerprint density at radius 2 is 2.00 bits per heavy atom. The van der Waals surface area contributed by atoms with Gasteiger partial charge in [-0.15, -0.1) is 29.1 Å². The van der Waals surface area contributed by atoms with Crippen LogP contribution in [0.1, 0.15) is 24.7 Å². The zero-order valence-corrected chi connectivity index (χ0v) is 17.6. The second kappa shape index (κ2) is 11.4. The number of H-pyrrole nitrogens is 1. The van der Waals surface area contributed by atoms with Crippen LogP contribution >= 0.6 is 24.0 Å². The molecule has 3 N–H and O–H groups in total. The van der Waals surface area contributed by atoms with E-state index < -0.39 is 0 Å². The van der Waals surface area contributed by atoms with Crippen LogP contribution in [0.4, 0.5) is 0 Å². The molecule has 2 aromatic heterocycles. The Morgan fingerprint density at radius 1 is 1.15 bits per heavy atom. The first-order valence-electron chi connectivity index (χ1n) is 8.86. The second-order valence-electron chi connectivity index (χ2n) is 5.79. The van der Waals surface area contributed by atoms with E-state index in [1.54, 1.807) is 6.26 Å². The van der Waals surface area contributed by atoms with E-state index in [4.69, 9.17) is 4.42 Å². The Kier molecular flexibility index (Phi) is 8.82. The predicted molar refractivity (Wildman–Crippen MR) is 117 cm³/mol. The van der Waals surface area contributed by atoms with Crippen LogP contribution < -0.4 is 10.6 Å². The third-order valence-corrected chi connectivity index (χ3v) is 3.78. The summed E-state index contributed by atoms with van der Waals surface area (Å²) < 4.78 is 5.29. The highest BCUT2D eigenvalue weighted by Crippen LogP contribution is 2.14. The molecule has 2 heterocycles. The lowest BCUT2D eigenvalue weighted by Gasteiger charge is -2.10. The summed E-state index contributed by atoms with van der Waals surface area (Å²) in [5, 5.41) is 13.6. The van der Waals surface area contributed by atoms with E-state index >= 15 is 0 Å². The van der Waals surface area contributed by atoms with Crippen LogP contribution in [0.15, 0.2) is 58.1 Å². The Hall–Kier alpha value is -2.36. The first kappa shape index (κ1) is 20.9. The number of aliphatic imine (C=N–C) groups is 1. The normalized spacial score (nSPS) is 11.1. The van der Waals surface area contributed by atoms with E-state index in [1.807, 2.05) is 25.1 Å². The number of aromatic nitrogens is 3. The molecular formula is C19H25IN6O. The molecule has 0 amide bonds. The molecule has 0 aliphatic heterocycles. The molecule has 0 unspecified atom stereocenters. The fraction of sp³-hybridized carbons (Fsp3) is 0.316. The van der Waals surface area contributed by atoms with Crippen molar-refractivity contribution < 1.29 is 4.42 Å². The summed E-state index contributed by atoms with van der Waals surface area (Å²) in [4.78, 5) is 8.95. The van der Waals surface area contributed by atoms with Gasteiger partial charge in [0.15, 0.2) is 11.7 Å². The molecule has 0 saturated carbocycles. The Balaban J connectivity index is 0.00000261. The molecule has 1 aromatic carbocycles. The maximum atomic E-state index is 5.29. The van der Waals surface area contributed by atoms with E-state index in [2.05, 4.69) is 55.1 Å². The summed E-state index contributed by atoms with van der Waals surface area (Å²) >= 11 is 0. The second-order valence-corrected chi connectivity index (χ2v) is 5.79. The largest absolute Gasteiger partial charge is 0.461 e. The van der Waals surface area contributed by atoms with Crippen molar-refractivity contribution >= 4 is 29.9 Å². The maximum Gasteiger partial charge on any atom is 0.216 e. The van der Waals surface area contributed by atoms with E-state index in [-0.39, 0.29) is 24.0 Å². The highest BCUT2D eigenvalue weighted by molar-refractivity contribution is 14.0. The van der Waals surface area contributed by atoms with Gasteiger partial charge in [-0.2, -0.15) is 0 Å². The van der Waals surface area contributed by atoms with Crippen molar-refractivity contribution in [3.05, 3.63) is 60.1 Å². The average molecular weight is 480 g/mol. The van der Waals surface area contributed by atoms with E-state index in [0.29, 0.717) is 24.0 Å². The number of furan rings is 1. The van der Waals surface area contributed by atoms with Crippen LogP contribution in [0, 0.1) is 0 Å². The summed E-state index contributed by atoms with van der Waals surface area (Å²) in [7, 11) is 0. The molecule has 0 bridgehead atoms. The molecule has 0 atom stereocenters. The van der Waals surface area contributed by atoms with Gasteiger partial charge in [-0.1, -0.05) is 30.3 Å². The number of nitrogens with one attached hydrogen (secondary N) is 3. The zero-order valence-electron chi connectivity index (χ0n) is 15.3. The molecule has 0 aliphatic carbocycles. The van der Waals surface area contributed by atoms with Crippen molar-refractivity contribution in [2.75, 3.05) is 13.1 Å². The molecule has 0 saturated heterocycles. The zero-order chi connectivity index (χ0) is 18.0. The molecule has 0 fully saturated rings. The standard InChI is InChI=1S/C19H24N6O.HI/c1-2-20-19(21-12-6-10-15-8-4-3-5-9-15)22-14-17-23-18(25-24-17)16-11-7-13-26-16;/h3-5,7-9,11,13H,2,6,10,12,14H2,1H3,(H2,20,21,22)(H,23,24,25);1H. The Morgan fingerprint density at radius 3 is 2.74 bits per heavy atom. The topological polar surface area (TPSA) is 91.1 Å². The number of hydrogen-bond donors (Lipinski definition) is 3. The number of aryl methyl sites for hydroxylation is 1. The van der Waals surface area contributed by atoms with E-state index in [9.17, 15) is 0 Å². The van der Waals surface area contributed by atoms with Crippen molar-refractivity contribution in [1.29, 1.82) is 0 Å². The van der Waals surface area contributed by atoms with Gasteiger partial charge in [-0.25, -0.2) is 9.98 Å². The van der Waals surface area contributed by atoms with Gasteiger partial charge in [0.2, 0.25) is 5.82 Å². The SMILES string of the molecule is CCNC(=NCc1nc(-c2ccco2)n[nH]1)NCCCc1ccccc1.I. The van der Waals surface area contributed by atoms with Gasteiger partial charge < -0.3 is 15.1 Å². The van der Waals surface area contributed by atoms with E-state index in [0.717, 1.165) is 31.9 Å². The van der Waals surface area contributed by atoms with Gasteiger partial charge in [0.25, 0.3) is 0 Å². The third-order valence-electron chi connectivity index (χ3n) is 3.78. The van der Waals surface area contributed by atoms with Crippen LogP contribution in [0.2, 0.25) is 0 Å². The van der Waals surface area contributed by atoms with Crippen molar-refractivity contribution in [3.63, 3.8) is 0 Å². The Labute approximate surface area is 176 Å². The number of halogens is 1. The van der Waals surface area contributed by atoms with Gasteiger partial charge in [-0.3, -0.25) is 5.10 Å². The van der Waals surface area contributed by atoms with Gasteiger partial charge in [-0.05, 0) is 37.5 Å². The molecule has 0 spiro atoms. The highest BCUT2D eigenvalue weighted by atomic mass is 127. The molecule has 27 heavy (non-hydrogen) atoms. The van der Waals surface area contributed by atoms with Crippen molar-refractivity contribution in [3.8, 4) is 11.6 Å². The number of benzene rings is 1. The van der Waals surface area contributed by atoms with Gasteiger partial charge in [0.1, 0.15) is 12.4 Å². The highest BCUT2D eigenvalue weighted by Gasteiger charge is 2.08. The average Bonchev–Trinajstić information content (AvgIpc) is 3.35. The van der Waals surface area contributed by atoms with Gasteiger partial charge in [0.05, 0.1) is 6.26 Å². The minimum atomic E-state index is 0. The molecule has 7 nitrogen and oxygen atoms in total. The molecule has 3 rings (SSSR count). The quantitative estimate of drug-likeness (QED) is 0.199. The minimum Gasteiger partial charge on any atom is -0.461 e. The number of rotatable bonds is 8. The van der Waals surface area contributed by atoms with Gasteiger partial charge >= 0.3 is 0 Å². The van der Waals surface area contributed by atoms with Crippen LogP contribution in [0.5, 0.6) is 0 Å². The summed E-state index contributed by atoms with van der Waals surface area (Å²) in [6, 6.07) is 14.1. The number of hydrogen-bond acceptors (Lipinski definition) is 4. The van der Waals surface area contributed by atoms with Crippen LogP contribution in [-0.4, -0.2) is 34.2 Å². The van der Waals surface area contributed by atoms with Crippen molar-refractivity contribution in [2.24, 2.45) is 4.99 Å². The molecule has 144 valence electrons. The molecule has 0 aliphatic rings. The molecular weight excluding hydrogens is 455 g/mol. The van der Waals surface area contributed by atoms with Crippen molar-refractivity contribution in [2.45, 2.75) is 26.3 Å². The first-order valence-corrected chi connectivity index (χ1v) is 8.86. The van der Waals surface area contributed by atoms with Crippen LogP contribution in [0.3, 0.4) is 0 Å². The summed E-state index contributed by atoms with van der Waals surface area (Å²) in [6.45, 7) is 4.12. The predicted octanol–water partition coefficient (Wildman–Crippen LogP) is 3.37. The monoisotopic (exact) mass is 480 g/mol. The minimum absolute atomic E-state index is 0. The van der Waals surface area contributed by atoms with Gasteiger partial charge in [0, 0.05) is 13.1 Å². The Bertz CT molecular complexity index is 801. The fourth-order valence-corrected chi connectivity index (χ4v) is 2.52. The summed E-state index contributed by atoms with van der Waals surface area (Å²) in [5.41, 5.74) is 1.35. The smallest absolute Gasteiger partial charge is 0.216 e. The lowest BCUT2D eigenvalue weighted by atomic mass is 10.1. The first-order chi connectivity index (χ1) is 12.8. The maximum absolute atomic E-state index is 5.29. The van der Waals surface area contributed by atoms with Crippen LogP contribution in [0.25, 0.3) is 11.6 Å². The molecule has 8 heteroatoms. The lowest BCUT2D eigenvalue weighted by Crippen LogP contribution is -2.37. The fourth-order valence-electron chi connectivity index (χ4n) is 2.52. The van der Waals surface area contributed by atoms with Crippen LogP contribution in [-0.2, 0) is 13.0 Å².